The summed E-state index contributed by atoms with van der Waals surface area (Å²) in [7, 11) is 3.17. The summed E-state index contributed by atoms with van der Waals surface area (Å²) in [6.07, 6.45) is 0. The smallest absolute Gasteiger partial charge is 0.271 e. The number of carbonyl (C=O) groups excluding carboxylic acids is 2. The van der Waals surface area contributed by atoms with Crippen molar-refractivity contribution in [1.82, 2.24) is 4.90 Å². The van der Waals surface area contributed by atoms with Crippen molar-refractivity contribution in [2.75, 3.05) is 26.0 Å². The first-order chi connectivity index (χ1) is 12.3. The first-order valence-electron chi connectivity index (χ1n) is 7.46. The Morgan fingerprint density at radius 1 is 1.23 bits per heavy atom. The molecule has 2 rings (SSSR count). The van der Waals surface area contributed by atoms with E-state index in [1.54, 1.807) is 20.2 Å². The number of non-ortho nitro benzene ring substituents is 1. The van der Waals surface area contributed by atoms with Crippen molar-refractivity contribution in [2.45, 2.75) is 0 Å². The van der Waals surface area contributed by atoms with Gasteiger partial charge in [0.25, 0.3) is 17.5 Å². The number of benzene rings is 2. The molecular formula is C17H16FN3O5. The zero-order valence-electron chi connectivity index (χ0n) is 14.1. The highest BCUT2D eigenvalue weighted by Crippen LogP contribution is 2.22. The van der Waals surface area contributed by atoms with Crippen molar-refractivity contribution in [3.05, 3.63) is 64.0 Å². The largest absolute Gasteiger partial charge is 0.484 e. The van der Waals surface area contributed by atoms with Gasteiger partial charge in [0.05, 0.1) is 10.6 Å². The van der Waals surface area contributed by atoms with E-state index in [4.69, 9.17) is 4.74 Å². The molecule has 26 heavy (non-hydrogen) atoms. The molecule has 0 aliphatic carbocycles. The highest BCUT2D eigenvalue weighted by molar-refractivity contribution is 6.04. The van der Waals surface area contributed by atoms with Gasteiger partial charge in [-0.25, -0.2) is 4.39 Å². The summed E-state index contributed by atoms with van der Waals surface area (Å²) in [5.74, 6) is -1.44. The molecule has 0 radical (unpaired) electrons. The first-order valence-corrected chi connectivity index (χ1v) is 7.46. The van der Waals surface area contributed by atoms with Crippen molar-refractivity contribution in [3.63, 3.8) is 0 Å². The number of nitrogens with zero attached hydrogens (tertiary/aromatic N) is 2. The van der Waals surface area contributed by atoms with Gasteiger partial charge >= 0.3 is 0 Å². The lowest BCUT2D eigenvalue weighted by molar-refractivity contribution is -0.384. The number of anilines is 1. The monoisotopic (exact) mass is 361 g/mol. The fourth-order valence-electron chi connectivity index (χ4n) is 1.92. The first kappa shape index (κ1) is 18.8. The number of nitro groups is 1. The number of halogens is 1. The van der Waals surface area contributed by atoms with Gasteiger partial charge in [0.15, 0.2) is 6.61 Å². The number of nitrogens with one attached hydrogen (secondary N) is 1. The zero-order valence-corrected chi connectivity index (χ0v) is 14.1. The van der Waals surface area contributed by atoms with E-state index < -0.39 is 16.6 Å². The quantitative estimate of drug-likeness (QED) is 0.629. The van der Waals surface area contributed by atoms with Crippen molar-refractivity contribution in [2.24, 2.45) is 0 Å². The summed E-state index contributed by atoms with van der Waals surface area (Å²) in [5.41, 5.74) is -0.509. The van der Waals surface area contributed by atoms with Crippen LogP contribution in [-0.4, -0.2) is 42.3 Å². The molecular weight excluding hydrogens is 345 g/mol. The lowest BCUT2D eigenvalue weighted by Gasteiger charge is -2.12. The topological polar surface area (TPSA) is 102 Å². The molecule has 136 valence electrons. The molecule has 2 amide bonds. The van der Waals surface area contributed by atoms with E-state index in [0.29, 0.717) is 0 Å². The summed E-state index contributed by atoms with van der Waals surface area (Å²) in [6, 6.07) is 8.78. The number of ether oxygens (including phenoxy) is 1. The Balaban J connectivity index is 2.13. The van der Waals surface area contributed by atoms with Crippen LogP contribution in [0.1, 0.15) is 10.4 Å². The molecule has 0 aliphatic rings. The van der Waals surface area contributed by atoms with Gasteiger partial charge in [-0.15, -0.1) is 0 Å². The minimum atomic E-state index is -0.798. The van der Waals surface area contributed by atoms with Crippen molar-refractivity contribution in [3.8, 4) is 5.75 Å². The van der Waals surface area contributed by atoms with Crippen molar-refractivity contribution >= 4 is 23.2 Å². The highest BCUT2D eigenvalue weighted by atomic mass is 19.1. The molecule has 2 aromatic carbocycles. The van der Waals surface area contributed by atoms with Gasteiger partial charge in [-0.2, -0.15) is 0 Å². The molecule has 0 saturated carbocycles. The van der Waals surface area contributed by atoms with E-state index in [1.807, 2.05) is 0 Å². The van der Waals surface area contributed by atoms with Crippen LogP contribution in [0.5, 0.6) is 5.75 Å². The van der Waals surface area contributed by atoms with Gasteiger partial charge < -0.3 is 15.0 Å². The van der Waals surface area contributed by atoms with E-state index in [2.05, 4.69) is 5.32 Å². The number of amides is 2. The Bertz CT molecular complexity index is 854. The number of hydrogen-bond donors (Lipinski definition) is 1. The third-order valence-electron chi connectivity index (χ3n) is 3.37. The average Bonchev–Trinajstić information content (AvgIpc) is 2.61. The van der Waals surface area contributed by atoms with Crippen LogP contribution in [0, 0.1) is 15.9 Å². The predicted octanol–water partition coefficient (Wildman–Crippen LogP) is 2.45. The number of nitro benzene ring substituents is 1. The Morgan fingerprint density at radius 3 is 2.62 bits per heavy atom. The van der Waals surface area contributed by atoms with Crippen LogP contribution in [0.3, 0.4) is 0 Å². The van der Waals surface area contributed by atoms with Gasteiger partial charge in [0.2, 0.25) is 0 Å². The SMILES string of the molecule is CN(C)C(=O)COc1cccc(C(=O)Nc2cc([N+](=O)[O-])ccc2F)c1. The number of hydrogen-bond acceptors (Lipinski definition) is 5. The summed E-state index contributed by atoms with van der Waals surface area (Å²) >= 11 is 0. The highest BCUT2D eigenvalue weighted by Gasteiger charge is 2.15. The van der Waals surface area contributed by atoms with Gasteiger partial charge in [-0.1, -0.05) is 6.07 Å². The van der Waals surface area contributed by atoms with E-state index in [-0.39, 0.29) is 35.2 Å². The fourth-order valence-corrected chi connectivity index (χ4v) is 1.92. The Kier molecular flexibility index (Phi) is 5.84. The number of rotatable bonds is 6. The van der Waals surface area contributed by atoms with Gasteiger partial charge in [-0.3, -0.25) is 19.7 Å². The predicted molar refractivity (Wildman–Crippen MR) is 91.6 cm³/mol. The molecule has 0 aromatic heterocycles. The maximum Gasteiger partial charge on any atom is 0.271 e. The normalized spacial score (nSPS) is 10.1. The molecule has 0 heterocycles. The minimum absolute atomic E-state index is 0.144. The lowest BCUT2D eigenvalue weighted by atomic mass is 10.2. The van der Waals surface area contributed by atoms with E-state index in [9.17, 15) is 24.1 Å². The van der Waals surface area contributed by atoms with E-state index in [0.717, 1.165) is 18.2 Å². The maximum atomic E-state index is 13.8. The van der Waals surface area contributed by atoms with Gasteiger partial charge in [0.1, 0.15) is 11.6 Å². The molecule has 0 unspecified atom stereocenters. The molecule has 0 spiro atoms. The lowest BCUT2D eigenvalue weighted by Crippen LogP contribution is -2.27. The van der Waals surface area contributed by atoms with Crippen LogP contribution < -0.4 is 10.1 Å². The molecule has 2 aromatic rings. The molecule has 9 heteroatoms. The number of likely N-dealkylation sites (N-methyl/N-ethyl adjacent to an activating group) is 1. The second kappa shape index (κ2) is 8.06. The van der Waals surface area contributed by atoms with Crippen molar-refractivity contribution < 1.29 is 23.6 Å². The summed E-state index contributed by atoms with van der Waals surface area (Å²) in [6.45, 7) is -0.197. The molecule has 0 aliphatic heterocycles. The standard InChI is InChI=1S/C17H16FN3O5/c1-20(2)16(22)10-26-13-5-3-4-11(8-13)17(23)19-15-9-12(21(24)25)6-7-14(15)18/h3-9H,10H2,1-2H3,(H,19,23). The zero-order chi connectivity index (χ0) is 19.3. The third kappa shape index (κ3) is 4.76. The molecule has 0 fully saturated rings. The molecule has 0 bridgehead atoms. The fraction of sp³-hybridized carbons (Fsp3) is 0.176. The van der Waals surface area contributed by atoms with Crippen LogP contribution in [0.4, 0.5) is 15.8 Å². The van der Waals surface area contributed by atoms with E-state index >= 15 is 0 Å². The van der Waals surface area contributed by atoms with E-state index in [1.165, 1.54) is 23.1 Å². The molecule has 0 atom stereocenters. The Morgan fingerprint density at radius 2 is 1.96 bits per heavy atom. The molecule has 8 nitrogen and oxygen atoms in total. The second-order valence-electron chi connectivity index (χ2n) is 5.48. The second-order valence-corrected chi connectivity index (χ2v) is 5.48. The molecule has 1 N–H and O–H groups in total. The third-order valence-corrected chi connectivity index (χ3v) is 3.37. The van der Waals surface area contributed by atoms with Crippen LogP contribution in [0.25, 0.3) is 0 Å². The molecule has 0 saturated heterocycles. The average molecular weight is 361 g/mol. The Labute approximate surface area is 148 Å². The van der Waals surface area contributed by atoms with Crippen LogP contribution in [0.2, 0.25) is 0 Å². The summed E-state index contributed by atoms with van der Waals surface area (Å²) in [5, 5.41) is 13.0. The number of carbonyl (C=O) groups is 2. The van der Waals surface area contributed by atoms with Crippen LogP contribution in [-0.2, 0) is 4.79 Å². The van der Waals surface area contributed by atoms with Gasteiger partial charge in [0, 0.05) is 31.8 Å². The summed E-state index contributed by atoms with van der Waals surface area (Å²) < 4.78 is 19.1. The van der Waals surface area contributed by atoms with Crippen LogP contribution >= 0.6 is 0 Å². The van der Waals surface area contributed by atoms with Gasteiger partial charge in [-0.05, 0) is 24.3 Å². The van der Waals surface area contributed by atoms with Crippen LogP contribution in [0.15, 0.2) is 42.5 Å². The van der Waals surface area contributed by atoms with Crippen molar-refractivity contribution in [1.29, 1.82) is 0 Å². The Hall–Kier alpha value is -3.49. The maximum absolute atomic E-state index is 13.8. The minimum Gasteiger partial charge on any atom is -0.484 e. The summed E-state index contributed by atoms with van der Waals surface area (Å²) in [4.78, 5) is 35.2.